The predicted molar refractivity (Wildman–Crippen MR) is 156 cm³/mol. The number of carbonyl (C=O) groups is 5. The third-order valence-corrected chi connectivity index (χ3v) is 8.13. The van der Waals surface area contributed by atoms with E-state index in [-0.39, 0.29) is 24.2 Å². The molecule has 2 aliphatic rings. The summed E-state index contributed by atoms with van der Waals surface area (Å²) >= 11 is 0. The summed E-state index contributed by atoms with van der Waals surface area (Å²) in [5, 5.41) is 12.0. The fraction of sp³-hybridized carbons (Fsp3) is 0.581. The van der Waals surface area contributed by atoms with Crippen molar-refractivity contribution in [3.8, 4) is 0 Å². The van der Waals surface area contributed by atoms with Crippen molar-refractivity contribution < 1.29 is 24.0 Å². The molecule has 4 amide bonds. The maximum Gasteiger partial charge on any atom is 0.290 e. The molecule has 3 atom stereocenters. The molecule has 10 heteroatoms. The minimum atomic E-state index is -1.19. The summed E-state index contributed by atoms with van der Waals surface area (Å²) in [5.41, 5.74) is 0.672. The van der Waals surface area contributed by atoms with E-state index in [0.29, 0.717) is 25.1 Å². The number of Topliss-reactive ketones (excluding diaryl/α,β-unsaturated/α-hetero) is 1. The van der Waals surface area contributed by atoms with E-state index in [1.54, 1.807) is 31.4 Å². The summed E-state index contributed by atoms with van der Waals surface area (Å²) in [5.74, 6) is -2.96. The number of hydrogen-bond acceptors (Lipinski definition) is 5. The highest BCUT2D eigenvalue weighted by atomic mass is 16.2. The summed E-state index contributed by atoms with van der Waals surface area (Å²) in [6, 6.07) is 7.36. The summed E-state index contributed by atoms with van der Waals surface area (Å²) in [4.78, 5) is 65.8. The lowest BCUT2D eigenvalue weighted by Gasteiger charge is -2.29. The molecule has 1 saturated heterocycles. The SMILES string of the molecule is Cn1c(C(=O)N[C@@H](CC2CCCCC2)C(=O)NC(C[C@@H]2CCNC2=O)C(=O)C(=O)NC(C)(C)C)cc2ccccc21. The first-order chi connectivity index (χ1) is 19.4. The Kier molecular flexibility index (Phi) is 9.50. The van der Waals surface area contributed by atoms with Crippen LogP contribution < -0.4 is 21.3 Å². The molecule has 0 bridgehead atoms. The fourth-order valence-corrected chi connectivity index (χ4v) is 5.95. The van der Waals surface area contributed by atoms with Crippen molar-refractivity contribution in [2.45, 2.75) is 89.8 Å². The van der Waals surface area contributed by atoms with E-state index in [2.05, 4.69) is 21.3 Å². The molecular weight excluding hydrogens is 522 g/mol. The molecule has 2 aromatic rings. The lowest BCUT2D eigenvalue weighted by Crippen LogP contribution is -2.56. The molecule has 1 aromatic carbocycles. The highest BCUT2D eigenvalue weighted by Crippen LogP contribution is 2.28. The van der Waals surface area contributed by atoms with Gasteiger partial charge in [-0.2, -0.15) is 0 Å². The Morgan fingerprint density at radius 1 is 0.976 bits per heavy atom. The van der Waals surface area contributed by atoms with Crippen LogP contribution in [-0.4, -0.2) is 58.1 Å². The number of para-hydroxylation sites is 1. The Labute approximate surface area is 241 Å². The van der Waals surface area contributed by atoms with Crippen LogP contribution in [0.25, 0.3) is 10.9 Å². The van der Waals surface area contributed by atoms with Crippen LogP contribution >= 0.6 is 0 Å². The number of nitrogens with zero attached hydrogens (tertiary/aromatic N) is 1. The van der Waals surface area contributed by atoms with E-state index in [1.165, 1.54) is 0 Å². The Morgan fingerprint density at radius 3 is 2.32 bits per heavy atom. The molecular formula is C31H43N5O5. The number of aryl methyl sites for hydroxylation is 1. The molecule has 4 N–H and O–H groups in total. The second kappa shape index (κ2) is 12.9. The molecule has 2 fully saturated rings. The Balaban J connectivity index is 1.56. The number of rotatable bonds is 10. The molecule has 1 saturated carbocycles. The van der Waals surface area contributed by atoms with Crippen LogP contribution in [0, 0.1) is 11.8 Å². The van der Waals surface area contributed by atoms with Crippen molar-refractivity contribution in [3.63, 3.8) is 0 Å². The molecule has 2 heterocycles. The third kappa shape index (κ3) is 7.74. The molecule has 1 unspecified atom stereocenters. The van der Waals surface area contributed by atoms with Crippen LogP contribution in [0.1, 0.15) is 82.6 Å². The zero-order chi connectivity index (χ0) is 29.7. The van der Waals surface area contributed by atoms with E-state index < -0.39 is 41.1 Å². The number of carbonyl (C=O) groups excluding carboxylic acids is 5. The molecule has 4 rings (SSSR count). The smallest absolute Gasteiger partial charge is 0.290 e. The first kappa shape index (κ1) is 30.3. The summed E-state index contributed by atoms with van der Waals surface area (Å²) < 4.78 is 1.79. The van der Waals surface area contributed by atoms with Crippen LogP contribution in [0.4, 0.5) is 0 Å². The van der Waals surface area contributed by atoms with Crippen LogP contribution in [0.15, 0.2) is 30.3 Å². The van der Waals surface area contributed by atoms with Crippen molar-refractivity contribution in [1.29, 1.82) is 0 Å². The van der Waals surface area contributed by atoms with Crippen molar-refractivity contribution in [1.82, 2.24) is 25.8 Å². The van der Waals surface area contributed by atoms with Gasteiger partial charge in [0, 0.05) is 36.0 Å². The average Bonchev–Trinajstić information content (AvgIpc) is 3.49. The maximum atomic E-state index is 13.8. The predicted octanol–water partition coefficient (Wildman–Crippen LogP) is 2.74. The van der Waals surface area contributed by atoms with Gasteiger partial charge in [0.25, 0.3) is 11.8 Å². The number of amides is 4. The van der Waals surface area contributed by atoms with Gasteiger partial charge in [0.05, 0.1) is 6.04 Å². The van der Waals surface area contributed by atoms with Crippen LogP contribution in [-0.2, 0) is 26.2 Å². The van der Waals surface area contributed by atoms with E-state index in [9.17, 15) is 24.0 Å². The molecule has 0 radical (unpaired) electrons. The maximum absolute atomic E-state index is 13.8. The monoisotopic (exact) mass is 565 g/mol. The van der Waals surface area contributed by atoms with E-state index in [4.69, 9.17) is 0 Å². The zero-order valence-electron chi connectivity index (χ0n) is 24.5. The molecule has 1 aromatic heterocycles. The van der Waals surface area contributed by atoms with E-state index in [0.717, 1.165) is 43.0 Å². The Hall–Kier alpha value is -3.69. The lowest BCUT2D eigenvalue weighted by molar-refractivity contribution is -0.141. The molecule has 222 valence electrons. The number of hydrogen-bond donors (Lipinski definition) is 4. The van der Waals surface area contributed by atoms with Gasteiger partial charge in [-0.15, -0.1) is 0 Å². The summed E-state index contributed by atoms with van der Waals surface area (Å²) in [6.07, 6.45) is 6.18. The number of aromatic nitrogens is 1. The van der Waals surface area contributed by atoms with Gasteiger partial charge in [-0.05, 0) is 58.1 Å². The van der Waals surface area contributed by atoms with Crippen LogP contribution in [0.5, 0.6) is 0 Å². The first-order valence-electron chi connectivity index (χ1n) is 14.7. The summed E-state index contributed by atoms with van der Waals surface area (Å²) in [6.45, 7) is 5.77. The average molecular weight is 566 g/mol. The largest absolute Gasteiger partial charge is 0.356 e. The second-order valence-electron chi connectivity index (χ2n) is 12.6. The molecule has 10 nitrogen and oxygen atoms in total. The Bertz CT molecular complexity index is 1300. The fourth-order valence-electron chi connectivity index (χ4n) is 5.95. The van der Waals surface area contributed by atoms with Crippen molar-refractivity contribution in [2.75, 3.05) is 6.54 Å². The van der Waals surface area contributed by atoms with Gasteiger partial charge in [-0.1, -0.05) is 50.3 Å². The number of benzene rings is 1. The van der Waals surface area contributed by atoms with Gasteiger partial charge in [0.2, 0.25) is 17.6 Å². The minimum absolute atomic E-state index is 0.0151. The highest BCUT2D eigenvalue weighted by molar-refractivity contribution is 6.38. The topological polar surface area (TPSA) is 138 Å². The number of nitrogens with one attached hydrogen (secondary N) is 4. The molecule has 1 aliphatic heterocycles. The van der Waals surface area contributed by atoms with Crippen LogP contribution in [0.2, 0.25) is 0 Å². The quantitative estimate of drug-likeness (QED) is 0.328. The first-order valence-corrected chi connectivity index (χ1v) is 14.7. The normalized spacial score (nSPS) is 19.3. The van der Waals surface area contributed by atoms with Crippen molar-refractivity contribution in [3.05, 3.63) is 36.0 Å². The van der Waals surface area contributed by atoms with Crippen molar-refractivity contribution in [2.24, 2.45) is 18.9 Å². The van der Waals surface area contributed by atoms with Gasteiger partial charge < -0.3 is 25.8 Å². The van der Waals surface area contributed by atoms with E-state index in [1.807, 2.05) is 31.3 Å². The Morgan fingerprint density at radius 2 is 1.68 bits per heavy atom. The standard InChI is InChI=1S/C31H43N5O5/c1-31(2,3)35-30(41)26(37)22(17-21-14-15-32-27(21)38)33-28(39)23(16-19-10-6-5-7-11-19)34-29(40)25-18-20-12-8-9-13-24(20)36(25)4/h8-9,12-13,18-19,21-23H,5-7,10-11,14-17H2,1-4H3,(H,32,38)(H,33,39)(H,34,40)(H,35,41)/t21-,22?,23-/m0/s1. The molecule has 0 spiro atoms. The zero-order valence-corrected chi connectivity index (χ0v) is 24.5. The van der Waals surface area contributed by atoms with Gasteiger partial charge >= 0.3 is 0 Å². The van der Waals surface area contributed by atoms with Gasteiger partial charge in [0.15, 0.2) is 0 Å². The third-order valence-electron chi connectivity index (χ3n) is 8.13. The van der Waals surface area contributed by atoms with Gasteiger partial charge in [0.1, 0.15) is 11.7 Å². The number of fused-ring (bicyclic) bond motifs is 1. The minimum Gasteiger partial charge on any atom is -0.356 e. The van der Waals surface area contributed by atoms with Crippen LogP contribution in [0.3, 0.4) is 0 Å². The number of ketones is 1. The summed E-state index contributed by atoms with van der Waals surface area (Å²) in [7, 11) is 1.81. The van der Waals surface area contributed by atoms with Crippen molar-refractivity contribution >= 4 is 40.3 Å². The molecule has 41 heavy (non-hydrogen) atoms. The molecule has 1 aliphatic carbocycles. The van der Waals surface area contributed by atoms with Gasteiger partial charge in [-0.25, -0.2) is 0 Å². The van der Waals surface area contributed by atoms with Gasteiger partial charge in [-0.3, -0.25) is 24.0 Å². The highest BCUT2D eigenvalue weighted by Gasteiger charge is 2.37. The van der Waals surface area contributed by atoms with E-state index >= 15 is 0 Å². The lowest BCUT2D eigenvalue weighted by atomic mass is 9.84. The second-order valence-corrected chi connectivity index (χ2v) is 12.6.